The van der Waals surface area contributed by atoms with Crippen molar-refractivity contribution in [1.29, 1.82) is 0 Å². The predicted molar refractivity (Wildman–Crippen MR) is 57.3 cm³/mol. The molecule has 0 heterocycles. The molecule has 0 aromatic carbocycles. The molecule has 1 unspecified atom stereocenters. The van der Waals surface area contributed by atoms with E-state index in [4.69, 9.17) is 10.5 Å². The quantitative estimate of drug-likeness (QED) is 0.477. The van der Waals surface area contributed by atoms with Gasteiger partial charge in [-0.15, -0.1) is 0 Å². The number of ether oxygens (including phenoxy) is 1. The molecule has 12 heavy (non-hydrogen) atoms. The van der Waals surface area contributed by atoms with Crippen LogP contribution in [0.5, 0.6) is 0 Å². The van der Waals surface area contributed by atoms with Crippen LogP contribution in [-0.4, -0.2) is 17.1 Å². The summed E-state index contributed by atoms with van der Waals surface area (Å²) >= 11 is 2.29. The molecular weight excluding hydrogens is 269 g/mol. The van der Waals surface area contributed by atoms with Gasteiger partial charge in [-0.05, 0) is 13.3 Å². The van der Waals surface area contributed by atoms with Gasteiger partial charge < -0.3 is 10.5 Å². The summed E-state index contributed by atoms with van der Waals surface area (Å²) in [6.07, 6.45) is 4.30. The van der Waals surface area contributed by atoms with Gasteiger partial charge in [0.1, 0.15) is 0 Å². The molecule has 0 radical (unpaired) electrons. The summed E-state index contributed by atoms with van der Waals surface area (Å²) in [6.45, 7) is 2.34. The maximum Gasteiger partial charge on any atom is 0.404 e. The number of rotatable bonds is 5. The third-order valence-corrected chi connectivity index (χ3v) is 2.01. The summed E-state index contributed by atoms with van der Waals surface area (Å²) in [4.78, 5) is 10.3. The second kappa shape index (κ2) is 7.39. The predicted octanol–water partition coefficient (Wildman–Crippen LogP) is 2.10. The van der Waals surface area contributed by atoms with Crippen LogP contribution in [0, 0.1) is 5.92 Å². The molecule has 1 amide bonds. The molecule has 0 fully saturated rings. The molecule has 0 saturated carbocycles. The molecular formula is C8H14INO2. The van der Waals surface area contributed by atoms with E-state index in [0.29, 0.717) is 12.5 Å². The number of nitrogens with two attached hydrogens (primary N) is 1. The zero-order valence-corrected chi connectivity index (χ0v) is 9.28. The van der Waals surface area contributed by atoms with E-state index >= 15 is 0 Å². The van der Waals surface area contributed by atoms with Crippen molar-refractivity contribution in [3.05, 3.63) is 12.2 Å². The number of primary amides is 1. The monoisotopic (exact) mass is 283 g/mol. The number of hydrogen-bond donors (Lipinski definition) is 1. The topological polar surface area (TPSA) is 52.3 Å². The second-order valence-corrected chi connectivity index (χ2v) is 3.47. The van der Waals surface area contributed by atoms with Crippen molar-refractivity contribution in [2.75, 3.05) is 11.0 Å². The number of carbonyl (C=O) groups excluding carboxylic acids is 1. The van der Waals surface area contributed by atoms with Crippen LogP contribution in [-0.2, 0) is 4.74 Å². The molecule has 3 nitrogen and oxygen atoms in total. The Morgan fingerprint density at radius 3 is 2.83 bits per heavy atom. The number of allylic oxidation sites excluding steroid dienone is 1. The average Bonchev–Trinajstić information content (AvgIpc) is 2.01. The molecule has 0 spiro atoms. The maximum atomic E-state index is 10.3. The minimum Gasteiger partial charge on any atom is -0.449 e. The lowest BCUT2D eigenvalue weighted by Gasteiger charge is -2.09. The van der Waals surface area contributed by atoms with E-state index in [9.17, 15) is 4.79 Å². The average molecular weight is 283 g/mol. The molecule has 0 aromatic rings. The van der Waals surface area contributed by atoms with Gasteiger partial charge in [-0.2, -0.15) is 0 Å². The van der Waals surface area contributed by atoms with Crippen LogP contribution in [0.1, 0.15) is 13.3 Å². The largest absolute Gasteiger partial charge is 0.449 e. The van der Waals surface area contributed by atoms with Crippen LogP contribution in [0.4, 0.5) is 4.79 Å². The van der Waals surface area contributed by atoms with Crippen molar-refractivity contribution in [1.82, 2.24) is 0 Å². The number of amides is 1. The van der Waals surface area contributed by atoms with Crippen molar-refractivity contribution < 1.29 is 9.53 Å². The van der Waals surface area contributed by atoms with Gasteiger partial charge in [0, 0.05) is 10.3 Å². The van der Waals surface area contributed by atoms with Crippen molar-refractivity contribution >= 4 is 28.7 Å². The van der Waals surface area contributed by atoms with Gasteiger partial charge >= 0.3 is 6.09 Å². The minimum atomic E-state index is -0.696. The van der Waals surface area contributed by atoms with Crippen LogP contribution in [0.2, 0.25) is 0 Å². The van der Waals surface area contributed by atoms with Crippen LogP contribution in [0.3, 0.4) is 0 Å². The molecule has 2 N–H and O–H groups in total. The van der Waals surface area contributed by atoms with Gasteiger partial charge in [0.25, 0.3) is 0 Å². The van der Waals surface area contributed by atoms with Gasteiger partial charge in [-0.25, -0.2) is 4.79 Å². The molecule has 0 aliphatic carbocycles. The molecule has 0 aliphatic heterocycles. The summed E-state index contributed by atoms with van der Waals surface area (Å²) in [5, 5.41) is 0. The molecule has 70 valence electrons. The van der Waals surface area contributed by atoms with E-state index in [0.717, 1.165) is 10.8 Å². The fourth-order valence-corrected chi connectivity index (χ4v) is 1.64. The first-order valence-corrected chi connectivity index (χ1v) is 5.34. The minimum absolute atomic E-state index is 0.305. The van der Waals surface area contributed by atoms with Gasteiger partial charge in [0.05, 0.1) is 6.61 Å². The Morgan fingerprint density at radius 1 is 1.75 bits per heavy atom. The van der Waals surface area contributed by atoms with Crippen LogP contribution in [0.25, 0.3) is 0 Å². The SMILES string of the molecule is CC=CC(CCI)COC(N)=O. The van der Waals surface area contributed by atoms with E-state index in [-0.39, 0.29) is 0 Å². The second-order valence-electron chi connectivity index (χ2n) is 2.39. The molecule has 1 atom stereocenters. The first-order chi connectivity index (χ1) is 5.70. The van der Waals surface area contributed by atoms with Crippen LogP contribution >= 0.6 is 22.6 Å². The van der Waals surface area contributed by atoms with E-state index in [1.807, 2.05) is 19.1 Å². The zero-order valence-electron chi connectivity index (χ0n) is 7.13. The van der Waals surface area contributed by atoms with Gasteiger partial charge in [-0.3, -0.25) is 0 Å². The Balaban J connectivity index is 3.70. The highest BCUT2D eigenvalue weighted by molar-refractivity contribution is 14.1. The smallest absolute Gasteiger partial charge is 0.404 e. The Hall–Kier alpha value is -0.260. The van der Waals surface area contributed by atoms with E-state index in [1.54, 1.807) is 0 Å². The first kappa shape index (κ1) is 11.7. The first-order valence-electron chi connectivity index (χ1n) is 3.81. The Bertz CT molecular complexity index is 159. The lowest BCUT2D eigenvalue weighted by molar-refractivity contribution is 0.144. The van der Waals surface area contributed by atoms with Crippen molar-refractivity contribution in [3.8, 4) is 0 Å². The summed E-state index contributed by atoms with van der Waals surface area (Å²) < 4.78 is 5.74. The Morgan fingerprint density at radius 2 is 2.42 bits per heavy atom. The summed E-state index contributed by atoms with van der Waals surface area (Å²) in [6, 6.07) is 0. The standard InChI is InChI=1S/C8H14INO2/c1-2-3-7(4-5-9)6-12-8(10)11/h2-3,7H,4-6H2,1H3,(H2,10,11). The normalized spacial score (nSPS) is 13.2. The highest BCUT2D eigenvalue weighted by Crippen LogP contribution is 2.08. The third kappa shape index (κ3) is 6.45. The van der Waals surface area contributed by atoms with Gasteiger partial charge in [-0.1, -0.05) is 34.7 Å². The fraction of sp³-hybridized carbons (Fsp3) is 0.625. The van der Waals surface area contributed by atoms with Crippen molar-refractivity contribution in [3.63, 3.8) is 0 Å². The van der Waals surface area contributed by atoms with Crippen LogP contribution < -0.4 is 5.73 Å². The summed E-state index contributed by atoms with van der Waals surface area (Å²) in [5.74, 6) is 0.305. The molecule has 0 aromatic heterocycles. The summed E-state index contributed by atoms with van der Waals surface area (Å²) in [7, 11) is 0. The molecule has 4 heteroatoms. The molecule has 0 saturated heterocycles. The Labute approximate surface area is 86.5 Å². The van der Waals surface area contributed by atoms with Crippen LogP contribution in [0.15, 0.2) is 12.2 Å². The number of alkyl halides is 1. The number of halogens is 1. The lowest BCUT2D eigenvalue weighted by Crippen LogP contribution is -2.18. The Kier molecular flexibility index (Phi) is 7.23. The van der Waals surface area contributed by atoms with Gasteiger partial charge in [0.2, 0.25) is 0 Å². The highest BCUT2D eigenvalue weighted by Gasteiger charge is 2.05. The van der Waals surface area contributed by atoms with E-state index < -0.39 is 6.09 Å². The fourth-order valence-electron chi connectivity index (χ4n) is 0.837. The molecule has 0 bridgehead atoms. The van der Waals surface area contributed by atoms with Gasteiger partial charge in [0.15, 0.2) is 0 Å². The summed E-state index contributed by atoms with van der Waals surface area (Å²) in [5.41, 5.74) is 4.85. The maximum absolute atomic E-state index is 10.3. The number of carbonyl (C=O) groups is 1. The lowest BCUT2D eigenvalue weighted by atomic mass is 10.1. The highest BCUT2D eigenvalue weighted by atomic mass is 127. The number of hydrogen-bond acceptors (Lipinski definition) is 2. The zero-order chi connectivity index (χ0) is 9.40. The molecule has 0 aliphatic rings. The van der Waals surface area contributed by atoms with Crippen molar-refractivity contribution in [2.24, 2.45) is 11.7 Å². The third-order valence-electron chi connectivity index (χ3n) is 1.38. The van der Waals surface area contributed by atoms with E-state index in [1.165, 1.54) is 0 Å². The molecule has 0 rings (SSSR count). The van der Waals surface area contributed by atoms with E-state index in [2.05, 4.69) is 22.6 Å². The van der Waals surface area contributed by atoms with Crippen molar-refractivity contribution in [2.45, 2.75) is 13.3 Å².